The molecule has 0 radical (unpaired) electrons. The smallest absolute Gasteiger partial charge is 0.306 e. The summed E-state index contributed by atoms with van der Waals surface area (Å²) in [5.41, 5.74) is 4.18. The predicted molar refractivity (Wildman–Crippen MR) is 210 cm³/mol. The van der Waals surface area contributed by atoms with Gasteiger partial charge < -0.3 is 19.3 Å². The van der Waals surface area contributed by atoms with Crippen molar-refractivity contribution in [3.05, 3.63) is 59.7 Å². The third-order valence-electron chi connectivity index (χ3n) is 9.56. The maximum absolute atomic E-state index is 12.5. The maximum Gasteiger partial charge on any atom is 0.306 e. The fraction of sp³-hybridized carbons (Fsp3) is 0.682. The molecular weight excluding hydrogens is 620 g/mol. The van der Waals surface area contributed by atoms with Gasteiger partial charge in [-0.3, -0.25) is 9.59 Å². The van der Waals surface area contributed by atoms with Crippen molar-refractivity contribution in [2.75, 3.05) is 39.3 Å². The van der Waals surface area contributed by atoms with Crippen LogP contribution in [0.5, 0.6) is 0 Å². The van der Waals surface area contributed by atoms with Crippen molar-refractivity contribution in [3.63, 3.8) is 0 Å². The number of hydrogen-bond acceptors (Lipinski definition) is 6. The summed E-state index contributed by atoms with van der Waals surface area (Å²) in [6.45, 7) is 16.1. The van der Waals surface area contributed by atoms with Gasteiger partial charge in [0.25, 0.3) is 0 Å². The van der Waals surface area contributed by atoms with Crippen LogP contribution in [0.4, 0.5) is 0 Å². The largest absolute Gasteiger partial charge is 0.461 e. The molecule has 0 unspecified atom stereocenters. The highest BCUT2D eigenvalue weighted by Crippen LogP contribution is 2.21. The number of carbonyl (C=O) groups is 2. The van der Waals surface area contributed by atoms with Crippen LogP contribution in [0.1, 0.15) is 154 Å². The Kier molecular flexibility index (Phi) is 25.2. The van der Waals surface area contributed by atoms with Crippen LogP contribution in [-0.4, -0.2) is 61.0 Å². The number of nitrogens with zero attached hydrogens (tertiary/aromatic N) is 2. The molecule has 0 aliphatic rings. The van der Waals surface area contributed by atoms with E-state index in [2.05, 4.69) is 61.8 Å². The summed E-state index contributed by atoms with van der Waals surface area (Å²) in [5.74, 6) is -0.237. The average Bonchev–Trinajstić information content (AvgIpc) is 3.13. The first kappa shape index (κ1) is 43.5. The second-order valence-corrected chi connectivity index (χ2v) is 14.1. The average molecular weight is 693 g/mol. The number of hydrogen-bond donors (Lipinski definition) is 0. The van der Waals surface area contributed by atoms with Crippen LogP contribution in [0.25, 0.3) is 11.1 Å². The Morgan fingerprint density at radius 1 is 0.420 bits per heavy atom. The van der Waals surface area contributed by atoms with Crippen molar-refractivity contribution in [3.8, 4) is 11.1 Å². The van der Waals surface area contributed by atoms with Crippen molar-refractivity contribution in [2.24, 2.45) is 0 Å². The summed E-state index contributed by atoms with van der Waals surface area (Å²) in [6.07, 6.45) is 20.3. The molecule has 2 aromatic rings. The molecule has 0 aromatic heterocycles. The molecule has 0 spiro atoms. The summed E-state index contributed by atoms with van der Waals surface area (Å²) in [7, 11) is 0. The Hall–Kier alpha value is -2.70. The molecule has 0 atom stereocenters. The summed E-state index contributed by atoms with van der Waals surface area (Å²) in [6, 6.07) is 16.4. The van der Waals surface area contributed by atoms with Crippen LogP contribution in [0.2, 0.25) is 0 Å². The van der Waals surface area contributed by atoms with E-state index in [-0.39, 0.29) is 11.9 Å². The lowest BCUT2D eigenvalue weighted by atomic mass is 10.0. The molecule has 2 aromatic carbocycles. The highest BCUT2D eigenvalue weighted by atomic mass is 16.5. The minimum Gasteiger partial charge on any atom is -0.461 e. The van der Waals surface area contributed by atoms with E-state index in [1.165, 1.54) is 89.9 Å². The molecule has 2 rings (SSSR count). The second-order valence-electron chi connectivity index (χ2n) is 14.1. The quantitative estimate of drug-likeness (QED) is 0.0579. The zero-order valence-electron chi connectivity index (χ0n) is 32.5. The number of unbranched alkanes of at least 4 members (excludes halogenated alkanes) is 10. The Balaban J connectivity index is 1.69. The molecule has 0 aliphatic carbocycles. The molecule has 282 valence electrons. The van der Waals surface area contributed by atoms with E-state index in [9.17, 15) is 9.59 Å². The fourth-order valence-electron chi connectivity index (χ4n) is 6.32. The first-order chi connectivity index (χ1) is 24.5. The number of benzene rings is 2. The van der Waals surface area contributed by atoms with E-state index < -0.39 is 0 Å². The summed E-state index contributed by atoms with van der Waals surface area (Å²) < 4.78 is 11.2. The summed E-state index contributed by atoms with van der Waals surface area (Å²) in [4.78, 5) is 30.0. The first-order valence-corrected chi connectivity index (χ1v) is 20.4. The highest BCUT2D eigenvalue weighted by Gasteiger charge is 2.10. The summed E-state index contributed by atoms with van der Waals surface area (Å²) >= 11 is 0. The van der Waals surface area contributed by atoms with Gasteiger partial charge in [-0.25, -0.2) is 0 Å². The third-order valence-corrected chi connectivity index (χ3v) is 9.56. The molecule has 0 bridgehead atoms. The molecule has 50 heavy (non-hydrogen) atoms. The molecule has 0 saturated carbocycles. The number of esters is 2. The monoisotopic (exact) mass is 693 g/mol. The van der Waals surface area contributed by atoms with E-state index in [0.717, 1.165) is 74.4 Å². The van der Waals surface area contributed by atoms with Crippen LogP contribution in [0.3, 0.4) is 0 Å². The standard InChI is InChI=1S/C44H72N2O4/c1-5-9-13-17-33-45(31-15-11-7-3)35-19-21-43(47)49-37-39-23-27-41(28-24-39)42-29-25-40(26-30-42)38-50-44(48)22-20-36-46(32-16-12-8-4)34-18-14-10-6-2/h23-30H,5-22,31-38H2,1-4H3. The molecule has 6 heteroatoms. The maximum atomic E-state index is 12.5. The third kappa shape index (κ3) is 20.8. The van der Waals surface area contributed by atoms with Crippen molar-refractivity contribution in [1.29, 1.82) is 0 Å². The van der Waals surface area contributed by atoms with Gasteiger partial charge in [0.2, 0.25) is 0 Å². The van der Waals surface area contributed by atoms with E-state index in [1.807, 2.05) is 24.3 Å². The van der Waals surface area contributed by atoms with Crippen molar-refractivity contribution < 1.29 is 19.1 Å². The van der Waals surface area contributed by atoms with Crippen molar-refractivity contribution in [2.45, 2.75) is 156 Å². The normalized spacial score (nSPS) is 11.4. The summed E-state index contributed by atoms with van der Waals surface area (Å²) in [5, 5.41) is 0. The van der Waals surface area contributed by atoms with E-state index in [0.29, 0.717) is 26.1 Å². The van der Waals surface area contributed by atoms with Gasteiger partial charge in [-0.1, -0.05) is 140 Å². The SMILES string of the molecule is CCCCCCN(CCCCC)CCCC(=O)OCc1ccc(-c2ccc(COC(=O)CCCN(CCCCC)CCCCCC)cc2)cc1. The molecule has 6 nitrogen and oxygen atoms in total. The minimum atomic E-state index is -0.118. The number of rotatable bonds is 31. The molecule has 0 saturated heterocycles. The Bertz CT molecular complexity index is 1030. The lowest BCUT2D eigenvalue weighted by molar-refractivity contribution is -0.146. The van der Waals surface area contributed by atoms with Gasteiger partial charge in [0.1, 0.15) is 13.2 Å². The predicted octanol–water partition coefficient (Wildman–Crippen LogP) is 11.1. The molecule has 0 fully saturated rings. The first-order valence-electron chi connectivity index (χ1n) is 20.4. The topological polar surface area (TPSA) is 59.1 Å². The zero-order valence-corrected chi connectivity index (χ0v) is 32.5. The fourth-order valence-corrected chi connectivity index (χ4v) is 6.32. The second kappa shape index (κ2) is 28.9. The minimum absolute atomic E-state index is 0.118. The van der Waals surface area contributed by atoms with Crippen molar-refractivity contribution in [1.82, 2.24) is 9.80 Å². The van der Waals surface area contributed by atoms with Gasteiger partial charge >= 0.3 is 11.9 Å². The lowest BCUT2D eigenvalue weighted by Crippen LogP contribution is -2.27. The number of ether oxygens (including phenoxy) is 2. The number of carbonyl (C=O) groups excluding carboxylic acids is 2. The zero-order chi connectivity index (χ0) is 36.1. The molecule has 0 amide bonds. The van der Waals surface area contributed by atoms with Gasteiger partial charge in [-0.2, -0.15) is 0 Å². The van der Waals surface area contributed by atoms with Gasteiger partial charge in [-0.05, 0) is 100 Å². The van der Waals surface area contributed by atoms with E-state index >= 15 is 0 Å². The lowest BCUT2D eigenvalue weighted by Gasteiger charge is -2.22. The van der Waals surface area contributed by atoms with Gasteiger partial charge in [-0.15, -0.1) is 0 Å². The Morgan fingerprint density at radius 2 is 0.720 bits per heavy atom. The Labute approximate surface area is 306 Å². The van der Waals surface area contributed by atoms with Crippen molar-refractivity contribution >= 4 is 11.9 Å². The van der Waals surface area contributed by atoms with Gasteiger partial charge in [0.05, 0.1) is 0 Å². The van der Waals surface area contributed by atoms with Gasteiger partial charge in [0, 0.05) is 12.8 Å². The van der Waals surface area contributed by atoms with Crippen LogP contribution < -0.4 is 0 Å². The van der Waals surface area contributed by atoms with Crippen LogP contribution in [-0.2, 0) is 32.3 Å². The van der Waals surface area contributed by atoms with E-state index in [1.54, 1.807) is 0 Å². The molecular formula is C44H72N2O4. The van der Waals surface area contributed by atoms with Crippen LogP contribution in [0.15, 0.2) is 48.5 Å². The Morgan fingerprint density at radius 3 is 1.06 bits per heavy atom. The molecule has 0 aliphatic heterocycles. The van der Waals surface area contributed by atoms with Gasteiger partial charge in [0.15, 0.2) is 0 Å². The molecule has 0 N–H and O–H groups in total. The molecule has 0 heterocycles. The van der Waals surface area contributed by atoms with Crippen LogP contribution >= 0.6 is 0 Å². The van der Waals surface area contributed by atoms with E-state index in [4.69, 9.17) is 9.47 Å². The van der Waals surface area contributed by atoms with Crippen LogP contribution in [0, 0.1) is 0 Å². The highest BCUT2D eigenvalue weighted by molar-refractivity contribution is 5.70.